The number of nitrogens with one attached hydrogen (secondary N) is 2. The number of rotatable bonds is 7. The van der Waals surface area contributed by atoms with Gasteiger partial charge in [-0.2, -0.15) is 4.31 Å². The van der Waals surface area contributed by atoms with E-state index in [2.05, 4.69) is 10.6 Å². The SMILES string of the molecule is CC(C)N(C)S(=O)(=O)c1ccc(NC(=O)NC[C@H](O)c2ccccc2)cc1. The predicted molar refractivity (Wildman–Crippen MR) is 105 cm³/mol. The maximum atomic E-state index is 12.4. The summed E-state index contributed by atoms with van der Waals surface area (Å²) >= 11 is 0. The van der Waals surface area contributed by atoms with Gasteiger partial charge in [-0.25, -0.2) is 13.2 Å². The van der Waals surface area contributed by atoms with Gasteiger partial charge in [0.25, 0.3) is 0 Å². The van der Waals surface area contributed by atoms with Crippen LogP contribution >= 0.6 is 0 Å². The molecule has 0 bridgehead atoms. The van der Waals surface area contributed by atoms with E-state index >= 15 is 0 Å². The van der Waals surface area contributed by atoms with Crippen LogP contribution in [0.4, 0.5) is 10.5 Å². The fourth-order valence-corrected chi connectivity index (χ4v) is 3.68. The van der Waals surface area contributed by atoms with Gasteiger partial charge in [-0.1, -0.05) is 30.3 Å². The lowest BCUT2D eigenvalue weighted by molar-refractivity contribution is 0.175. The molecule has 0 saturated heterocycles. The number of aliphatic hydroxyl groups is 1. The van der Waals surface area contributed by atoms with Crippen LogP contribution in [0.1, 0.15) is 25.5 Å². The molecule has 0 radical (unpaired) electrons. The Morgan fingerprint density at radius 3 is 2.22 bits per heavy atom. The van der Waals surface area contributed by atoms with Crippen molar-refractivity contribution < 1.29 is 18.3 Å². The lowest BCUT2D eigenvalue weighted by atomic mass is 10.1. The number of carbonyl (C=O) groups excluding carboxylic acids is 1. The first-order valence-electron chi connectivity index (χ1n) is 8.57. The highest BCUT2D eigenvalue weighted by atomic mass is 32.2. The van der Waals surface area contributed by atoms with Crippen molar-refractivity contribution in [3.8, 4) is 0 Å². The molecule has 0 aliphatic heterocycles. The third kappa shape index (κ3) is 5.53. The predicted octanol–water partition coefficient (Wildman–Crippen LogP) is 2.57. The molecule has 0 aliphatic rings. The number of nitrogens with zero attached hydrogens (tertiary/aromatic N) is 1. The zero-order chi connectivity index (χ0) is 20.0. The Morgan fingerprint density at radius 1 is 1.07 bits per heavy atom. The first-order chi connectivity index (χ1) is 12.7. The molecule has 27 heavy (non-hydrogen) atoms. The molecule has 2 amide bonds. The Hall–Kier alpha value is -2.42. The molecule has 2 aromatic rings. The summed E-state index contributed by atoms with van der Waals surface area (Å²) in [5, 5.41) is 15.2. The second-order valence-corrected chi connectivity index (χ2v) is 8.40. The van der Waals surface area contributed by atoms with Crippen LogP contribution < -0.4 is 10.6 Å². The van der Waals surface area contributed by atoms with Crippen molar-refractivity contribution in [1.82, 2.24) is 9.62 Å². The van der Waals surface area contributed by atoms with Gasteiger partial charge in [0.15, 0.2) is 0 Å². The van der Waals surface area contributed by atoms with E-state index in [9.17, 15) is 18.3 Å². The monoisotopic (exact) mass is 391 g/mol. The molecule has 0 saturated carbocycles. The molecule has 0 aromatic heterocycles. The molecule has 7 nitrogen and oxygen atoms in total. The van der Waals surface area contributed by atoms with Crippen LogP contribution in [0.25, 0.3) is 0 Å². The minimum Gasteiger partial charge on any atom is -0.387 e. The molecule has 2 rings (SSSR count). The highest BCUT2D eigenvalue weighted by molar-refractivity contribution is 7.89. The van der Waals surface area contributed by atoms with Gasteiger partial charge in [0.05, 0.1) is 11.0 Å². The number of hydrogen-bond donors (Lipinski definition) is 3. The molecule has 3 N–H and O–H groups in total. The summed E-state index contributed by atoms with van der Waals surface area (Å²) in [6.45, 7) is 3.64. The maximum absolute atomic E-state index is 12.4. The topological polar surface area (TPSA) is 98.7 Å². The van der Waals surface area contributed by atoms with Crippen LogP contribution in [0.15, 0.2) is 59.5 Å². The Bertz CT molecular complexity index is 852. The first-order valence-corrected chi connectivity index (χ1v) is 10.0. The average Bonchev–Trinajstić information content (AvgIpc) is 2.66. The third-order valence-corrected chi connectivity index (χ3v) is 6.20. The zero-order valence-corrected chi connectivity index (χ0v) is 16.4. The molecular weight excluding hydrogens is 366 g/mol. The molecule has 0 aliphatic carbocycles. The quantitative estimate of drug-likeness (QED) is 0.675. The van der Waals surface area contributed by atoms with Gasteiger partial charge >= 0.3 is 6.03 Å². The lowest BCUT2D eigenvalue weighted by Crippen LogP contribution is -2.33. The van der Waals surface area contributed by atoms with Crippen LogP contribution in [-0.2, 0) is 10.0 Å². The number of amides is 2. The lowest BCUT2D eigenvalue weighted by Gasteiger charge is -2.21. The van der Waals surface area contributed by atoms with Gasteiger partial charge in [0, 0.05) is 25.3 Å². The second kappa shape index (κ2) is 8.98. The molecule has 2 aromatic carbocycles. The van der Waals surface area contributed by atoms with Crippen LogP contribution in [0.5, 0.6) is 0 Å². The largest absolute Gasteiger partial charge is 0.387 e. The van der Waals surface area contributed by atoms with Gasteiger partial charge in [-0.15, -0.1) is 0 Å². The maximum Gasteiger partial charge on any atom is 0.319 e. The summed E-state index contributed by atoms with van der Waals surface area (Å²) in [6.07, 6.45) is -0.809. The van der Waals surface area contributed by atoms with Crippen molar-refractivity contribution in [2.24, 2.45) is 0 Å². The Kier molecular flexibility index (Phi) is 6.95. The van der Waals surface area contributed by atoms with E-state index in [4.69, 9.17) is 0 Å². The molecule has 0 spiro atoms. The molecule has 0 unspecified atom stereocenters. The van der Waals surface area contributed by atoms with Crippen molar-refractivity contribution in [2.75, 3.05) is 18.9 Å². The minimum absolute atomic E-state index is 0.0570. The molecule has 0 heterocycles. The molecule has 8 heteroatoms. The zero-order valence-electron chi connectivity index (χ0n) is 15.6. The Balaban J connectivity index is 1.93. The number of sulfonamides is 1. The van der Waals surface area contributed by atoms with Gasteiger partial charge < -0.3 is 15.7 Å². The van der Waals surface area contributed by atoms with E-state index in [0.29, 0.717) is 11.3 Å². The summed E-state index contributed by atoms with van der Waals surface area (Å²) in [6, 6.07) is 14.3. The van der Waals surface area contributed by atoms with E-state index in [1.54, 1.807) is 26.0 Å². The average molecular weight is 391 g/mol. The summed E-state index contributed by atoms with van der Waals surface area (Å²) in [5.41, 5.74) is 1.16. The Morgan fingerprint density at radius 2 is 1.67 bits per heavy atom. The van der Waals surface area contributed by atoms with Crippen molar-refractivity contribution in [3.05, 3.63) is 60.2 Å². The van der Waals surface area contributed by atoms with Crippen molar-refractivity contribution in [2.45, 2.75) is 30.9 Å². The third-order valence-electron chi connectivity index (χ3n) is 4.16. The number of carbonyl (C=O) groups is 1. The molecular formula is C19H25N3O4S. The highest BCUT2D eigenvalue weighted by Crippen LogP contribution is 2.19. The van der Waals surface area contributed by atoms with Crippen LogP contribution in [0, 0.1) is 0 Å². The number of urea groups is 1. The number of hydrogen-bond acceptors (Lipinski definition) is 4. The van der Waals surface area contributed by atoms with E-state index < -0.39 is 22.2 Å². The highest BCUT2D eigenvalue weighted by Gasteiger charge is 2.22. The van der Waals surface area contributed by atoms with E-state index in [1.807, 2.05) is 18.2 Å². The number of aliphatic hydroxyl groups excluding tert-OH is 1. The van der Waals surface area contributed by atoms with Crippen molar-refractivity contribution in [1.29, 1.82) is 0 Å². The number of benzene rings is 2. The van der Waals surface area contributed by atoms with Crippen molar-refractivity contribution >= 4 is 21.7 Å². The fourth-order valence-electron chi connectivity index (χ4n) is 2.31. The molecule has 146 valence electrons. The van der Waals surface area contributed by atoms with E-state index in [0.717, 1.165) is 0 Å². The summed E-state index contributed by atoms with van der Waals surface area (Å²) in [5.74, 6) is 0. The molecule has 1 atom stereocenters. The van der Waals surface area contributed by atoms with Gasteiger partial charge in [-0.3, -0.25) is 0 Å². The first kappa shape index (κ1) is 20.9. The summed E-state index contributed by atoms with van der Waals surface area (Å²) < 4.78 is 26.1. The number of anilines is 1. The van der Waals surface area contributed by atoms with Crippen LogP contribution in [-0.4, -0.2) is 43.5 Å². The smallest absolute Gasteiger partial charge is 0.319 e. The van der Waals surface area contributed by atoms with Crippen LogP contribution in [0.2, 0.25) is 0 Å². The van der Waals surface area contributed by atoms with Gasteiger partial charge in [0.1, 0.15) is 0 Å². The fraction of sp³-hybridized carbons (Fsp3) is 0.316. The standard InChI is InChI=1S/C19H25N3O4S/c1-14(2)22(3)27(25,26)17-11-9-16(10-12-17)21-19(24)20-13-18(23)15-7-5-4-6-8-15/h4-12,14,18,23H,13H2,1-3H3,(H2,20,21,24)/t18-/m0/s1. The van der Waals surface area contributed by atoms with E-state index in [-0.39, 0.29) is 17.5 Å². The van der Waals surface area contributed by atoms with Crippen LogP contribution in [0.3, 0.4) is 0 Å². The van der Waals surface area contributed by atoms with Gasteiger partial charge in [0.2, 0.25) is 10.0 Å². The summed E-state index contributed by atoms with van der Waals surface area (Å²) in [4.78, 5) is 12.1. The van der Waals surface area contributed by atoms with Gasteiger partial charge in [-0.05, 0) is 43.7 Å². The normalized spacial score (nSPS) is 12.8. The summed E-state index contributed by atoms with van der Waals surface area (Å²) in [7, 11) is -2.04. The second-order valence-electron chi connectivity index (χ2n) is 6.40. The van der Waals surface area contributed by atoms with E-state index in [1.165, 1.54) is 35.6 Å². The molecule has 0 fully saturated rings. The van der Waals surface area contributed by atoms with Crippen molar-refractivity contribution in [3.63, 3.8) is 0 Å². The Labute approximate surface area is 160 Å². The minimum atomic E-state index is -3.56.